The van der Waals surface area contributed by atoms with Gasteiger partial charge in [0, 0.05) is 12.5 Å². The number of allylic oxidation sites excluding steroid dienone is 2. The zero-order valence-corrected chi connectivity index (χ0v) is 12.1. The van der Waals surface area contributed by atoms with Crippen molar-refractivity contribution >= 4 is 11.8 Å². The zero-order chi connectivity index (χ0) is 13.8. The summed E-state index contributed by atoms with van der Waals surface area (Å²) < 4.78 is 0. The Hall–Kier alpha value is -1.12. The number of hydrogen-bond acceptors (Lipinski definition) is 2. The van der Waals surface area contributed by atoms with Gasteiger partial charge in [0.15, 0.2) is 0 Å². The van der Waals surface area contributed by atoms with Crippen molar-refractivity contribution in [3.05, 3.63) is 11.6 Å². The third kappa shape index (κ3) is 1.56. The molecule has 2 fully saturated rings. The molecule has 3 aliphatic rings. The van der Waals surface area contributed by atoms with Crippen LogP contribution in [0.4, 0.5) is 0 Å². The molecule has 104 valence electrons. The Labute approximate surface area is 115 Å². The molecule has 4 atom stereocenters. The Kier molecular flexibility index (Phi) is 2.84. The molecule has 2 aliphatic carbocycles. The fourth-order valence-electron chi connectivity index (χ4n) is 4.29. The molecule has 0 N–H and O–H groups in total. The van der Waals surface area contributed by atoms with Crippen LogP contribution in [-0.2, 0) is 9.59 Å². The summed E-state index contributed by atoms with van der Waals surface area (Å²) in [5, 5.41) is 0. The highest BCUT2D eigenvalue weighted by atomic mass is 16.2. The number of nitrogens with zero attached hydrogens (tertiary/aromatic N) is 1. The zero-order valence-electron chi connectivity index (χ0n) is 12.1. The number of rotatable bonds is 3. The van der Waals surface area contributed by atoms with Gasteiger partial charge < -0.3 is 0 Å². The highest BCUT2D eigenvalue weighted by Crippen LogP contribution is 2.61. The van der Waals surface area contributed by atoms with Crippen molar-refractivity contribution < 1.29 is 9.59 Å². The highest BCUT2D eigenvalue weighted by Gasteiger charge is 2.61. The molecule has 3 heteroatoms. The number of amides is 2. The van der Waals surface area contributed by atoms with Crippen LogP contribution in [0.25, 0.3) is 0 Å². The van der Waals surface area contributed by atoms with Gasteiger partial charge in [-0.1, -0.05) is 38.3 Å². The summed E-state index contributed by atoms with van der Waals surface area (Å²) in [6, 6.07) is 0. The molecule has 1 heterocycles. The van der Waals surface area contributed by atoms with E-state index in [2.05, 4.69) is 19.9 Å². The predicted molar refractivity (Wildman–Crippen MR) is 73.2 cm³/mol. The van der Waals surface area contributed by atoms with E-state index in [9.17, 15) is 9.59 Å². The lowest BCUT2D eigenvalue weighted by Crippen LogP contribution is -2.48. The van der Waals surface area contributed by atoms with Crippen molar-refractivity contribution in [1.29, 1.82) is 0 Å². The van der Waals surface area contributed by atoms with E-state index in [0.29, 0.717) is 0 Å². The van der Waals surface area contributed by atoms with Crippen LogP contribution in [0.15, 0.2) is 11.6 Å². The maximum absolute atomic E-state index is 12.4. The lowest BCUT2D eigenvalue weighted by Gasteiger charge is -2.51. The fourth-order valence-corrected chi connectivity index (χ4v) is 4.29. The molecule has 0 bridgehead atoms. The molecule has 0 aromatic heterocycles. The lowest BCUT2D eigenvalue weighted by molar-refractivity contribution is -0.139. The molecule has 0 spiro atoms. The summed E-state index contributed by atoms with van der Waals surface area (Å²) in [4.78, 5) is 26.2. The van der Waals surface area contributed by atoms with Crippen molar-refractivity contribution in [2.24, 2.45) is 23.2 Å². The van der Waals surface area contributed by atoms with Gasteiger partial charge in [-0.2, -0.15) is 0 Å². The van der Waals surface area contributed by atoms with Crippen LogP contribution in [-0.4, -0.2) is 23.8 Å². The monoisotopic (exact) mass is 261 g/mol. The molecule has 1 saturated carbocycles. The molecule has 3 nitrogen and oxygen atoms in total. The van der Waals surface area contributed by atoms with Gasteiger partial charge in [0.25, 0.3) is 0 Å². The Bertz CT molecular complexity index is 467. The van der Waals surface area contributed by atoms with Gasteiger partial charge in [0.05, 0.1) is 11.8 Å². The Balaban J connectivity index is 1.99. The normalized spacial score (nSPS) is 40.7. The molecule has 3 rings (SSSR count). The maximum Gasteiger partial charge on any atom is 0.233 e. The smallest absolute Gasteiger partial charge is 0.233 e. The van der Waals surface area contributed by atoms with E-state index in [4.69, 9.17) is 0 Å². The van der Waals surface area contributed by atoms with Gasteiger partial charge in [0.1, 0.15) is 0 Å². The highest BCUT2D eigenvalue weighted by molar-refractivity contribution is 6.06. The number of likely N-dealkylation sites (tertiary alicyclic amines) is 1. The van der Waals surface area contributed by atoms with E-state index < -0.39 is 0 Å². The number of carbonyl (C=O) groups excluding carboxylic acids is 2. The first-order valence-corrected chi connectivity index (χ1v) is 7.53. The number of hydrogen-bond donors (Lipinski definition) is 0. The Morgan fingerprint density at radius 1 is 1.37 bits per heavy atom. The van der Waals surface area contributed by atoms with Crippen molar-refractivity contribution in [1.82, 2.24) is 4.90 Å². The number of carbonyl (C=O) groups is 2. The van der Waals surface area contributed by atoms with Gasteiger partial charge in [-0.05, 0) is 25.2 Å². The molecule has 2 amide bonds. The van der Waals surface area contributed by atoms with Crippen LogP contribution in [0.2, 0.25) is 0 Å². The van der Waals surface area contributed by atoms with Crippen LogP contribution < -0.4 is 0 Å². The van der Waals surface area contributed by atoms with E-state index >= 15 is 0 Å². The predicted octanol–water partition coefficient (Wildman–Crippen LogP) is 2.76. The second-order valence-electron chi connectivity index (χ2n) is 6.65. The van der Waals surface area contributed by atoms with Crippen molar-refractivity contribution in [2.75, 3.05) is 7.05 Å². The molecule has 0 unspecified atom stereocenters. The van der Waals surface area contributed by atoms with E-state index in [-0.39, 0.29) is 35.0 Å². The Morgan fingerprint density at radius 3 is 2.68 bits per heavy atom. The third-order valence-electron chi connectivity index (χ3n) is 5.67. The summed E-state index contributed by atoms with van der Waals surface area (Å²) >= 11 is 0. The van der Waals surface area contributed by atoms with E-state index in [1.54, 1.807) is 7.05 Å². The lowest BCUT2D eigenvalue weighted by atomic mass is 9.51. The summed E-state index contributed by atoms with van der Waals surface area (Å²) in [6.45, 7) is 4.36. The first-order chi connectivity index (χ1) is 9.00. The van der Waals surface area contributed by atoms with Gasteiger partial charge in [0.2, 0.25) is 11.8 Å². The minimum absolute atomic E-state index is 0.0229. The molecule has 0 aromatic carbocycles. The third-order valence-corrected chi connectivity index (χ3v) is 5.67. The summed E-state index contributed by atoms with van der Waals surface area (Å²) in [7, 11) is 1.65. The van der Waals surface area contributed by atoms with Crippen LogP contribution in [0, 0.1) is 23.2 Å². The van der Waals surface area contributed by atoms with E-state index in [0.717, 1.165) is 32.1 Å². The fraction of sp³-hybridized carbons (Fsp3) is 0.750. The average molecular weight is 261 g/mol. The summed E-state index contributed by atoms with van der Waals surface area (Å²) in [5.41, 5.74) is 1.41. The largest absolute Gasteiger partial charge is 0.285 e. The molecule has 0 radical (unpaired) electrons. The molecule has 19 heavy (non-hydrogen) atoms. The Morgan fingerprint density at radius 2 is 2.11 bits per heavy atom. The molecule has 0 aromatic rings. The van der Waals surface area contributed by atoms with Crippen molar-refractivity contribution in [2.45, 2.75) is 46.0 Å². The first-order valence-electron chi connectivity index (χ1n) is 7.53. The minimum Gasteiger partial charge on any atom is -0.285 e. The van der Waals surface area contributed by atoms with Gasteiger partial charge in [-0.25, -0.2) is 0 Å². The number of imide groups is 1. The SMILES string of the molecule is CCCC[C@H]1C=C2CC[C@@]2(C)[C@H]2C(=O)N(C)C(=O)[C@@H]12. The second kappa shape index (κ2) is 4.19. The van der Waals surface area contributed by atoms with Crippen LogP contribution >= 0.6 is 0 Å². The maximum atomic E-state index is 12.4. The first kappa shape index (κ1) is 12.9. The minimum atomic E-state index is -0.0851. The molecule has 1 saturated heterocycles. The van der Waals surface area contributed by atoms with E-state index in [1.165, 1.54) is 10.5 Å². The van der Waals surface area contributed by atoms with E-state index in [1.807, 2.05) is 0 Å². The number of fused-ring (bicyclic) bond motifs is 3. The van der Waals surface area contributed by atoms with Gasteiger partial charge in [-0.15, -0.1) is 0 Å². The molecule has 1 aliphatic heterocycles. The van der Waals surface area contributed by atoms with Crippen molar-refractivity contribution in [3.63, 3.8) is 0 Å². The number of unbranched alkanes of at least 4 members (excludes halogenated alkanes) is 1. The van der Waals surface area contributed by atoms with Crippen molar-refractivity contribution in [3.8, 4) is 0 Å². The van der Waals surface area contributed by atoms with Gasteiger partial charge >= 0.3 is 0 Å². The quantitative estimate of drug-likeness (QED) is 0.578. The topological polar surface area (TPSA) is 37.4 Å². The molecular weight excluding hydrogens is 238 g/mol. The van der Waals surface area contributed by atoms with Crippen LogP contribution in [0.5, 0.6) is 0 Å². The molecular formula is C16H23NO2. The standard InChI is InChI=1S/C16H23NO2/c1-4-5-6-10-9-11-7-8-16(11,2)13-12(10)14(18)17(3)15(13)19/h9-10,12-13H,4-8H2,1-3H3/t10-,12-,13+,16+/m0/s1. The van der Waals surface area contributed by atoms with Gasteiger partial charge in [-0.3, -0.25) is 14.5 Å². The average Bonchev–Trinajstić information content (AvgIpc) is 2.61. The van der Waals surface area contributed by atoms with Crippen LogP contribution in [0.3, 0.4) is 0 Å². The second-order valence-corrected chi connectivity index (χ2v) is 6.65. The summed E-state index contributed by atoms with van der Waals surface area (Å²) in [5.74, 6) is 0.234. The van der Waals surface area contributed by atoms with Crippen LogP contribution in [0.1, 0.15) is 46.0 Å². The summed E-state index contributed by atoms with van der Waals surface area (Å²) in [6.07, 6.45) is 7.85.